The topological polar surface area (TPSA) is 68.8 Å². The molecule has 1 amide bonds. The molecular formula is C23H19F3N6O. The lowest BCUT2D eigenvalue weighted by Crippen LogP contribution is -2.36. The number of rotatable bonds is 3. The molecule has 0 bridgehead atoms. The minimum absolute atomic E-state index is 0.0821. The second-order valence-electron chi connectivity index (χ2n) is 7.86. The molecule has 0 saturated carbocycles. The van der Waals surface area contributed by atoms with Gasteiger partial charge in [-0.1, -0.05) is 18.2 Å². The highest BCUT2D eigenvalue weighted by atomic mass is 19.2. The number of aromatic nitrogens is 5. The number of benzene rings is 2. The van der Waals surface area contributed by atoms with Gasteiger partial charge in [0, 0.05) is 24.7 Å². The molecule has 33 heavy (non-hydrogen) atoms. The first-order valence-electron chi connectivity index (χ1n) is 10.3. The van der Waals surface area contributed by atoms with Gasteiger partial charge in [-0.25, -0.2) is 22.8 Å². The third-order valence-corrected chi connectivity index (χ3v) is 5.71. The summed E-state index contributed by atoms with van der Waals surface area (Å²) in [6.07, 6.45) is 0.420. The molecule has 1 aliphatic heterocycles. The van der Waals surface area contributed by atoms with E-state index in [2.05, 4.69) is 15.2 Å². The van der Waals surface area contributed by atoms with Gasteiger partial charge in [0.1, 0.15) is 5.82 Å². The number of fused-ring (bicyclic) bond motifs is 1. The molecule has 0 aliphatic carbocycles. The minimum Gasteiger partial charge on any atom is -0.330 e. The van der Waals surface area contributed by atoms with Crippen molar-refractivity contribution in [3.63, 3.8) is 0 Å². The maximum absolute atomic E-state index is 13.8. The quantitative estimate of drug-likeness (QED) is 0.446. The Bertz CT molecular complexity index is 1360. The number of hydrogen-bond donors (Lipinski definition) is 0. The van der Waals surface area contributed by atoms with Crippen molar-refractivity contribution in [1.82, 2.24) is 29.4 Å². The van der Waals surface area contributed by atoms with Crippen LogP contribution in [0, 0.1) is 24.4 Å². The van der Waals surface area contributed by atoms with Crippen LogP contribution < -0.4 is 0 Å². The SMILES string of the molecule is Cc1nc(C(=O)N2CCc3c(nn(C)c3-c3cc(F)c(F)c(F)c3)C2)nn1-c1ccccc1. The van der Waals surface area contributed by atoms with Crippen molar-refractivity contribution in [1.29, 1.82) is 0 Å². The molecule has 0 N–H and O–H groups in total. The van der Waals surface area contributed by atoms with E-state index < -0.39 is 17.5 Å². The van der Waals surface area contributed by atoms with Gasteiger partial charge >= 0.3 is 0 Å². The van der Waals surface area contributed by atoms with Crippen LogP contribution in [0.25, 0.3) is 16.9 Å². The fraction of sp³-hybridized carbons (Fsp3) is 0.217. The number of para-hydroxylation sites is 1. The Morgan fingerprint density at radius 2 is 1.73 bits per heavy atom. The van der Waals surface area contributed by atoms with Crippen molar-refractivity contribution in [2.75, 3.05) is 6.54 Å². The number of hydrogen-bond acceptors (Lipinski definition) is 4. The largest absolute Gasteiger partial charge is 0.330 e. The van der Waals surface area contributed by atoms with E-state index in [0.29, 0.717) is 30.2 Å². The third-order valence-electron chi connectivity index (χ3n) is 5.71. The molecule has 0 spiro atoms. The van der Waals surface area contributed by atoms with E-state index >= 15 is 0 Å². The second-order valence-corrected chi connectivity index (χ2v) is 7.86. The highest BCUT2D eigenvalue weighted by Gasteiger charge is 2.30. The van der Waals surface area contributed by atoms with Crippen LogP contribution in [0.15, 0.2) is 42.5 Å². The normalized spacial score (nSPS) is 13.3. The summed E-state index contributed by atoms with van der Waals surface area (Å²) in [4.78, 5) is 19.0. The second kappa shape index (κ2) is 7.88. The summed E-state index contributed by atoms with van der Waals surface area (Å²) >= 11 is 0. The average Bonchev–Trinajstić information content (AvgIpc) is 3.35. The smallest absolute Gasteiger partial charge is 0.293 e. The van der Waals surface area contributed by atoms with Gasteiger partial charge in [0.15, 0.2) is 17.5 Å². The average molecular weight is 452 g/mol. The first-order valence-corrected chi connectivity index (χ1v) is 10.3. The first kappa shape index (κ1) is 20.9. The third kappa shape index (κ3) is 3.57. The van der Waals surface area contributed by atoms with Gasteiger partial charge < -0.3 is 4.90 Å². The Morgan fingerprint density at radius 1 is 1.03 bits per heavy atom. The molecule has 2 aromatic heterocycles. The fourth-order valence-electron chi connectivity index (χ4n) is 4.18. The zero-order valence-corrected chi connectivity index (χ0v) is 17.9. The van der Waals surface area contributed by atoms with Crippen molar-refractivity contribution in [2.45, 2.75) is 19.9 Å². The van der Waals surface area contributed by atoms with Gasteiger partial charge in [-0.2, -0.15) is 5.10 Å². The molecular weight excluding hydrogens is 433 g/mol. The number of halogens is 3. The van der Waals surface area contributed by atoms with Crippen molar-refractivity contribution < 1.29 is 18.0 Å². The molecule has 1 aliphatic rings. The van der Waals surface area contributed by atoms with Gasteiger partial charge in [-0.05, 0) is 37.6 Å². The fourth-order valence-corrected chi connectivity index (χ4v) is 4.18. The lowest BCUT2D eigenvalue weighted by molar-refractivity contribution is 0.0720. The standard InChI is InChI=1S/C23H19F3N6O/c1-13-27-22(29-32(13)15-6-4-3-5-7-15)23(33)31-9-8-16-19(12-31)28-30(2)21(16)14-10-17(24)20(26)18(25)11-14/h3-7,10-11H,8-9,12H2,1-2H3. The van der Waals surface area contributed by atoms with Gasteiger partial charge in [0.2, 0.25) is 5.82 Å². The van der Waals surface area contributed by atoms with E-state index in [-0.39, 0.29) is 23.8 Å². The number of carbonyl (C=O) groups is 1. The zero-order chi connectivity index (χ0) is 23.3. The monoisotopic (exact) mass is 452 g/mol. The summed E-state index contributed by atoms with van der Waals surface area (Å²) in [5, 5.41) is 8.82. The summed E-state index contributed by atoms with van der Waals surface area (Å²) in [7, 11) is 1.64. The lowest BCUT2D eigenvalue weighted by atomic mass is 9.99. The van der Waals surface area contributed by atoms with E-state index in [9.17, 15) is 18.0 Å². The number of aryl methyl sites for hydroxylation is 2. The van der Waals surface area contributed by atoms with E-state index in [4.69, 9.17) is 0 Å². The summed E-state index contributed by atoms with van der Waals surface area (Å²) < 4.78 is 44.1. The zero-order valence-electron chi connectivity index (χ0n) is 17.9. The molecule has 5 rings (SSSR count). The summed E-state index contributed by atoms with van der Waals surface area (Å²) in [5.41, 5.74) is 2.87. The van der Waals surface area contributed by atoms with Crippen molar-refractivity contribution in [3.05, 3.63) is 82.8 Å². The highest BCUT2D eigenvalue weighted by Crippen LogP contribution is 2.32. The van der Waals surface area contributed by atoms with Crippen molar-refractivity contribution >= 4 is 5.91 Å². The summed E-state index contributed by atoms with van der Waals surface area (Å²) in [6.45, 7) is 2.33. The van der Waals surface area contributed by atoms with Crippen LogP contribution in [-0.4, -0.2) is 41.9 Å². The van der Waals surface area contributed by atoms with Gasteiger partial charge in [0.25, 0.3) is 5.91 Å². The summed E-state index contributed by atoms with van der Waals surface area (Å²) in [5.74, 6) is -3.69. The molecule has 168 valence electrons. The molecule has 4 aromatic rings. The van der Waals surface area contributed by atoms with Crippen LogP contribution in [0.1, 0.15) is 27.7 Å². The molecule has 2 aromatic carbocycles. The van der Waals surface area contributed by atoms with Crippen LogP contribution in [0.5, 0.6) is 0 Å². The van der Waals surface area contributed by atoms with Gasteiger partial charge in [-0.3, -0.25) is 9.48 Å². The predicted molar refractivity (Wildman–Crippen MR) is 113 cm³/mol. The van der Waals surface area contributed by atoms with Gasteiger partial charge in [0.05, 0.1) is 23.6 Å². The molecule has 7 nitrogen and oxygen atoms in total. The van der Waals surface area contributed by atoms with Gasteiger partial charge in [-0.15, -0.1) is 5.10 Å². The molecule has 10 heteroatoms. The Kier molecular flexibility index (Phi) is 4.99. The Morgan fingerprint density at radius 3 is 2.42 bits per heavy atom. The van der Waals surface area contributed by atoms with Crippen LogP contribution in [0.4, 0.5) is 13.2 Å². The molecule has 0 saturated heterocycles. The maximum atomic E-state index is 13.8. The maximum Gasteiger partial charge on any atom is 0.293 e. The van der Waals surface area contributed by atoms with Crippen LogP contribution >= 0.6 is 0 Å². The summed E-state index contributed by atoms with van der Waals surface area (Å²) in [6, 6.07) is 11.3. The number of carbonyl (C=O) groups excluding carboxylic acids is 1. The number of nitrogens with zero attached hydrogens (tertiary/aromatic N) is 6. The molecule has 0 unspecified atom stereocenters. The van der Waals surface area contributed by atoms with Crippen LogP contribution in [0.2, 0.25) is 0 Å². The van der Waals surface area contributed by atoms with Crippen LogP contribution in [-0.2, 0) is 20.0 Å². The van der Waals surface area contributed by atoms with E-state index in [0.717, 1.165) is 23.4 Å². The molecule has 0 fully saturated rings. The van der Waals surface area contributed by atoms with E-state index in [1.165, 1.54) is 4.68 Å². The Hall–Kier alpha value is -3.95. The molecule has 0 radical (unpaired) electrons. The lowest BCUT2D eigenvalue weighted by Gasteiger charge is -2.25. The van der Waals surface area contributed by atoms with E-state index in [1.54, 1.807) is 23.6 Å². The van der Waals surface area contributed by atoms with E-state index in [1.807, 2.05) is 30.3 Å². The predicted octanol–water partition coefficient (Wildman–Crippen LogP) is 3.59. The number of amides is 1. The van der Waals surface area contributed by atoms with Crippen molar-refractivity contribution in [3.8, 4) is 16.9 Å². The Balaban J connectivity index is 1.43. The highest BCUT2D eigenvalue weighted by molar-refractivity contribution is 5.90. The molecule has 0 atom stereocenters. The van der Waals surface area contributed by atoms with Crippen molar-refractivity contribution in [2.24, 2.45) is 7.05 Å². The first-order chi connectivity index (χ1) is 15.8. The molecule has 3 heterocycles. The minimum atomic E-state index is -1.51. The van der Waals surface area contributed by atoms with Crippen LogP contribution in [0.3, 0.4) is 0 Å². The Labute approximate surface area is 187 Å².